The van der Waals surface area contributed by atoms with E-state index in [0.717, 1.165) is 45.3 Å². The molecule has 2 atom stereocenters. The summed E-state index contributed by atoms with van der Waals surface area (Å²) in [6, 6.07) is -0.00421. The van der Waals surface area contributed by atoms with E-state index >= 15 is 0 Å². The van der Waals surface area contributed by atoms with Gasteiger partial charge in [-0.3, -0.25) is 9.59 Å². The highest BCUT2D eigenvalue weighted by Crippen LogP contribution is 2.21. The van der Waals surface area contributed by atoms with Crippen molar-refractivity contribution in [2.45, 2.75) is 58.0 Å². The minimum absolute atomic E-state index is 0.118. The van der Waals surface area contributed by atoms with E-state index in [-0.39, 0.29) is 23.9 Å². The van der Waals surface area contributed by atoms with Crippen LogP contribution in [-0.2, 0) is 9.59 Å². The van der Waals surface area contributed by atoms with Crippen molar-refractivity contribution in [1.29, 1.82) is 0 Å². The number of hydrogen-bond acceptors (Lipinski definition) is 3. The molecule has 2 aliphatic rings. The first-order chi connectivity index (χ1) is 10.0. The van der Waals surface area contributed by atoms with Crippen LogP contribution in [0, 0.1) is 5.92 Å². The minimum Gasteiger partial charge on any atom is -0.340 e. The molecule has 2 aliphatic heterocycles. The van der Waals surface area contributed by atoms with E-state index in [4.69, 9.17) is 0 Å². The van der Waals surface area contributed by atoms with E-state index < -0.39 is 0 Å². The van der Waals surface area contributed by atoms with Crippen LogP contribution < -0.4 is 5.32 Å². The van der Waals surface area contributed by atoms with Gasteiger partial charge in [0, 0.05) is 32.6 Å². The molecule has 2 heterocycles. The summed E-state index contributed by atoms with van der Waals surface area (Å²) < 4.78 is 0. The first-order valence-electron chi connectivity index (χ1n) is 8.27. The Morgan fingerprint density at radius 3 is 2.76 bits per heavy atom. The van der Waals surface area contributed by atoms with Gasteiger partial charge in [0.1, 0.15) is 6.04 Å². The molecule has 2 rings (SSSR count). The summed E-state index contributed by atoms with van der Waals surface area (Å²) in [6.45, 7) is 6.81. The molecule has 0 radical (unpaired) electrons. The Kier molecular flexibility index (Phi) is 5.62. The average molecular weight is 295 g/mol. The highest BCUT2D eigenvalue weighted by Gasteiger charge is 2.35. The maximum Gasteiger partial charge on any atom is 0.245 e. The van der Waals surface area contributed by atoms with Crippen LogP contribution in [0.25, 0.3) is 0 Å². The van der Waals surface area contributed by atoms with Crippen LogP contribution in [0.1, 0.15) is 46.0 Å². The predicted octanol–water partition coefficient (Wildman–Crippen LogP) is 1.23. The first-order valence-corrected chi connectivity index (χ1v) is 8.27. The van der Waals surface area contributed by atoms with E-state index in [9.17, 15) is 9.59 Å². The number of amides is 2. The van der Waals surface area contributed by atoms with E-state index in [0.29, 0.717) is 12.3 Å². The fourth-order valence-corrected chi connectivity index (χ4v) is 3.35. The highest BCUT2D eigenvalue weighted by molar-refractivity contribution is 5.88. The molecule has 0 aromatic heterocycles. The summed E-state index contributed by atoms with van der Waals surface area (Å²) in [5.74, 6) is 0.676. The van der Waals surface area contributed by atoms with E-state index in [1.807, 2.05) is 16.8 Å². The average Bonchev–Trinajstić information content (AvgIpc) is 2.98. The molecule has 21 heavy (non-hydrogen) atoms. The van der Waals surface area contributed by atoms with Gasteiger partial charge in [0.05, 0.1) is 0 Å². The van der Waals surface area contributed by atoms with Crippen LogP contribution >= 0.6 is 0 Å². The molecule has 0 aromatic carbocycles. The van der Waals surface area contributed by atoms with Crippen molar-refractivity contribution in [3.63, 3.8) is 0 Å². The Balaban J connectivity index is 2.10. The lowest BCUT2D eigenvalue weighted by atomic mass is 9.97. The largest absolute Gasteiger partial charge is 0.340 e. The Hall–Kier alpha value is -1.10. The van der Waals surface area contributed by atoms with Gasteiger partial charge in [-0.2, -0.15) is 0 Å². The topological polar surface area (TPSA) is 52.7 Å². The Labute approximate surface area is 128 Å². The maximum absolute atomic E-state index is 12.9. The van der Waals surface area contributed by atoms with Crippen molar-refractivity contribution >= 4 is 11.8 Å². The predicted molar refractivity (Wildman–Crippen MR) is 82.9 cm³/mol. The number of hydrogen-bond donors (Lipinski definition) is 1. The lowest BCUT2D eigenvalue weighted by Crippen LogP contribution is -2.54. The third-order valence-corrected chi connectivity index (χ3v) is 4.65. The van der Waals surface area contributed by atoms with Gasteiger partial charge in [0.25, 0.3) is 0 Å². The van der Waals surface area contributed by atoms with Gasteiger partial charge in [0.2, 0.25) is 11.8 Å². The van der Waals surface area contributed by atoms with Crippen molar-refractivity contribution in [3.8, 4) is 0 Å². The fourth-order valence-electron chi connectivity index (χ4n) is 3.35. The van der Waals surface area contributed by atoms with Crippen molar-refractivity contribution in [3.05, 3.63) is 0 Å². The second kappa shape index (κ2) is 7.25. The Bertz CT molecular complexity index is 378. The number of likely N-dealkylation sites (N-methyl/N-ethyl adjacent to an activating group) is 1. The van der Waals surface area contributed by atoms with Gasteiger partial charge in [-0.05, 0) is 38.1 Å². The van der Waals surface area contributed by atoms with Crippen LogP contribution in [0.3, 0.4) is 0 Å². The van der Waals surface area contributed by atoms with Gasteiger partial charge >= 0.3 is 0 Å². The first kappa shape index (κ1) is 16.3. The molecule has 2 unspecified atom stereocenters. The lowest BCUT2D eigenvalue weighted by molar-refractivity contribution is -0.148. The van der Waals surface area contributed by atoms with Crippen molar-refractivity contribution in [2.24, 2.45) is 5.92 Å². The minimum atomic E-state index is -0.275. The lowest BCUT2D eigenvalue weighted by Gasteiger charge is -2.38. The second-order valence-corrected chi connectivity index (χ2v) is 6.79. The second-order valence-electron chi connectivity index (χ2n) is 6.79. The summed E-state index contributed by atoms with van der Waals surface area (Å²) >= 11 is 0. The zero-order chi connectivity index (χ0) is 15.4. The smallest absolute Gasteiger partial charge is 0.245 e. The molecule has 2 amide bonds. The molecule has 0 aliphatic carbocycles. The molecule has 1 N–H and O–H groups in total. The van der Waals surface area contributed by atoms with E-state index in [2.05, 4.69) is 19.2 Å². The molecule has 2 fully saturated rings. The molecule has 5 nitrogen and oxygen atoms in total. The third-order valence-electron chi connectivity index (χ3n) is 4.65. The number of piperidine rings is 1. The maximum atomic E-state index is 12.9. The number of nitrogens with one attached hydrogen (secondary N) is 1. The van der Waals surface area contributed by atoms with Crippen molar-refractivity contribution < 1.29 is 9.59 Å². The normalized spacial score (nSPS) is 24.5. The van der Waals surface area contributed by atoms with Gasteiger partial charge in [-0.1, -0.05) is 13.8 Å². The number of carbonyl (C=O) groups is 2. The molecular formula is C16H29N3O2. The number of rotatable bonds is 5. The monoisotopic (exact) mass is 295 g/mol. The Morgan fingerprint density at radius 2 is 2.19 bits per heavy atom. The van der Waals surface area contributed by atoms with Crippen molar-refractivity contribution in [2.75, 3.05) is 26.7 Å². The highest BCUT2D eigenvalue weighted by atomic mass is 16.2. The van der Waals surface area contributed by atoms with Crippen LogP contribution in [0.15, 0.2) is 0 Å². The molecule has 5 heteroatoms. The molecule has 120 valence electrons. The number of nitrogens with zero attached hydrogens (tertiary/aromatic N) is 2. The molecule has 0 aromatic rings. The SMILES string of the molecule is CC(C)CC(C(=O)N(C)C1CCNC1)N1CCCCC1=O. The summed E-state index contributed by atoms with van der Waals surface area (Å²) in [4.78, 5) is 28.8. The summed E-state index contributed by atoms with van der Waals surface area (Å²) in [5.41, 5.74) is 0. The quantitative estimate of drug-likeness (QED) is 0.830. The van der Waals surface area contributed by atoms with Gasteiger partial charge < -0.3 is 15.1 Å². The standard InChI is InChI=1S/C16H29N3O2/c1-12(2)10-14(19-9-5-4-6-15(19)20)16(21)18(3)13-7-8-17-11-13/h12-14,17H,4-11H2,1-3H3. The Morgan fingerprint density at radius 1 is 1.43 bits per heavy atom. The zero-order valence-corrected chi connectivity index (χ0v) is 13.6. The molecule has 0 saturated carbocycles. The van der Waals surface area contributed by atoms with Gasteiger partial charge in [-0.25, -0.2) is 0 Å². The fraction of sp³-hybridized carbons (Fsp3) is 0.875. The summed E-state index contributed by atoms with van der Waals surface area (Å²) in [5, 5.41) is 3.30. The van der Waals surface area contributed by atoms with Crippen molar-refractivity contribution in [1.82, 2.24) is 15.1 Å². The zero-order valence-electron chi connectivity index (χ0n) is 13.6. The van der Waals surface area contributed by atoms with Crippen LogP contribution in [0.5, 0.6) is 0 Å². The number of likely N-dealkylation sites (tertiary alicyclic amines) is 1. The number of carbonyl (C=O) groups excluding carboxylic acids is 2. The van der Waals surface area contributed by atoms with Gasteiger partial charge in [-0.15, -0.1) is 0 Å². The van der Waals surface area contributed by atoms with Gasteiger partial charge in [0.15, 0.2) is 0 Å². The van der Waals surface area contributed by atoms with Crippen LogP contribution in [0.2, 0.25) is 0 Å². The molecule has 0 bridgehead atoms. The van der Waals surface area contributed by atoms with E-state index in [1.165, 1.54) is 0 Å². The third kappa shape index (κ3) is 3.96. The molecule has 0 spiro atoms. The molecule has 2 saturated heterocycles. The summed E-state index contributed by atoms with van der Waals surface area (Å²) in [6.07, 6.45) is 4.33. The van der Waals surface area contributed by atoms with Crippen LogP contribution in [0.4, 0.5) is 0 Å². The summed E-state index contributed by atoms with van der Waals surface area (Å²) in [7, 11) is 1.89. The van der Waals surface area contributed by atoms with Crippen LogP contribution in [-0.4, -0.2) is 60.4 Å². The molecular weight excluding hydrogens is 266 g/mol. The van der Waals surface area contributed by atoms with E-state index in [1.54, 1.807) is 0 Å².